The number of fused-ring (bicyclic) bond motifs is 1. The second-order valence-corrected chi connectivity index (χ2v) is 8.41. The highest BCUT2D eigenvalue weighted by molar-refractivity contribution is 9.10. The number of carbonyl (C=O) groups is 1. The van der Waals surface area contributed by atoms with E-state index < -0.39 is 0 Å². The van der Waals surface area contributed by atoms with Crippen molar-refractivity contribution in [2.45, 2.75) is 65.8 Å². The number of aryl methyl sites for hydroxylation is 2. The van der Waals surface area contributed by atoms with E-state index in [1.54, 1.807) is 0 Å². The Bertz CT molecular complexity index is 956. The molecule has 0 fully saturated rings. The minimum absolute atomic E-state index is 0.209. The standard InChI is InChI=1S/C22H26BrClN2O2/c1-4-8-16-18(21(27)19(23)17-9-7-10-26(16)17)22(28)25-20-13(5-2)11-15(24)12-14(20)6-3/h11-12H,4-10H2,1-3H3,(H,25,28). The van der Waals surface area contributed by atoms with Crippen molar-refractivity contribution in [1.82, 2.24) is 4.57 Å². The van der Waals surface area contributed by atoms with Crippen LogP contribution in [0.25, 0.3) is 0 Å². The molecule has 2 heterocycles. The molecule has 1 aliphatic rings. The van der Waals surface area contributed by atoms with Crippen molar-refractivity contribution in [1.29, 1.82) is 0 Å². The summed E-state index contributed by atoms with van der Waals surface area (Å²) >= 11 is 9.69. The minimum Gasteiger partial charge on any atom is -0.346 e. The summed E-state index contributed by atoms with van der Waals surface area (Å²) < 4.78 is 2.69. The van der Waals surface area contributed by atoms with Gasteiger partial charge in [0, 0.05) is 28.6 Å². The summed E-state index contributed by atoms with van der Waals surface area (Å²) in [5.74, 6) is -0.330. The molecule has 4 nitrogen and oxygen atoms in total. The summed E-state index contributed by atoms with van der Waals surface area (Å²) in [4.78, 5) is 26.4. The predicted molar refractivity (Wildman–Crippen MR) is 119 cm³/mol. The van der Waals surface area contributed by atoms with E-state index in [2.05, 4.69) is 32.7 Å². The first kappa shape index (κ1) is 21.1. The number of hydrogen-bond donors (Lipinski definition) is 1. The van der Waals surface area contributed by atoms with E-state index in [-0.39, 0.29) is 16.9 Å². The van der Waals surface area contributed by atoms with E-state index in [4.69, 9.17) is 11.6 Å². The highest BCUT2D eigenvalue weighted by atomic mass is 79.9. The summed E-state index contributed by atoms with van der Waals surface area (Å²) in [6.07, 6.45) is 4.95. The van der Waals surface area contributed by atoms with Gasteiger partial charge in [-0.3, -0.25) is 9.59 Å². The second kappa shape index (κ2) is 8.83. The van der Waals surface area contributed by atoms with Crippen LogP contribution in [-0.4, -0.2) is 10.5 Å². The van der Waals surface area contributed by atoms with E-state index in [0.717, 1.165) is 66.9 Å². The zero-order valence-electron chi connectivity index (χ0n) is 16.6. The fraction of sp³-hybridized carbons (Fsp3) is 0.455. The smallest absolute Gasteiger partial charge is 0.261 e. The first-order valence-corrected chi connectivity index (χ1v) is 11.2. The molecule has 0 bridgehead atoms. The predicted octanol–water partition coefficient (Wildman–Crippen LogP) is 5.54. The average Bonchev–Trinajstić information content (AvgIpc) is 3.17. The molecule has 2 aromatic rings. The van der Waals surface area contributed by atoms with Crippen molar-refractivity contribution in [3.63, 3.8) is 0 Å². The van der Waals surface area contributed by atoms with Gasteiger partial charge < -0.3 is 9.88 Å². The maximum Gasteiger partial charge on any atom is 0.261 e. The molecular weight excluding hydrogens is 440 g/mol. The van der Waals surface area contributed by atoms with E-state index in [0.29, 0.717) is 15.9 Å². The summed E-state index contributed by atoms with van der Waals surface area (Å²) in [5.41, 5.74) is 4.66. The van der Waals surface area contributed by atoms with Gasteiger partial charge in [0.1, 0.15) is 5.56 Å². The molecule has 1 N–H and O–H groups in total. The molecule has 1 aliphatic heterocycles. The van der Waals surface area contributed by atoms with Gasteiger partial charge in [0.2, 0.25) is 5.43 Å². The van der Waals surface area contributed by atoms with Gasteiger partial charge in [-0.2, -0.15) is 0 Å². The number of carbonyl (C=O) groups excluding carboxylic acids is 1. The third kappa shape index (κ3) is 3.79. The van der Waals surface area contributed by atoms with Gasteiger partial charge in [0.25, 0.3) is 5.91 Å². The number of halogens is 2. The molecule has 1 aromatic heterocycles. The molecule has 150 valence electrons. The molecule has 0 aliphatic carbocycles. The number of anilines is 1. The molecule has 0 spiro atoms. The van der Waals surface area contributed by atoms with Crippen LogP contribution in [0.1, 0.15) is 66.5 Å². The zero-order chi connectivity index (χ0) is 20.4. The average molecular weight is 466 g/mol. The lowest BCUT2D eigenvalue weighted by Gasteiger charge is -2.19. The van der Waals surface area contributed by atoms with Crippen LogP contribution in [0.2, 0.25) is 5.02 Å². The normalized spacial score (nSPS) is 12.9. The van der Waals surface area contributed by atoms with Gasteiger partial charge in [0.05, 0.1) is 4.47 Å². The Labute approximate surface area is 179 Å². The summed E-state index contributed by atoms with van der Waals surface area (Å²) in [6.45, 7) is 6.99. The van der Waals surface area contributed by atoms with Crippen LogP contribution >= 0.6 is 27.5 Å². The Balaban J connectivity index is 2.12. The zero-order valence-corrected chi connectivity index (χ0v) is 19.0. The highest BCUT2D eigenvalue weighted by Gasteiger charge is 2.27. The van der Waals surface area contributed by atoms with Crippen molar-refractivity contribution in [3.8, 4) is 0 Å². The van der Waals surface area contributed by atoms with Gasteiger partial charge in [-0.1, -0.05) is 38.8 Å². The van der Waals surface area contributed by atoms with Crippen molar-refractivity contribution in [3.05, 3.63) is 59.9 Å². The largest absolute Gasteiger partial charge is 0.346 e. The molecule has 0 radical (unpaired) electrons. The lowest BCUT2D eigenvalue weighted by Crippen LogP contribution is -2.29. The van der Waals surface area contributed by atoms with Crippen molar-refractivity contribution < 1.29 is 4.79 Å². The fourth-order valence-electron chi connectivity index (χ4n) is 4.06. The third-order valence-electron chi connectivity index (χ3n) is 5.40. The van der Waals surface area contributed by atoms with Gasteiger partial charge in [-0.25, -0.2) is 0 Å². The number of nitrogens with one attached hydrogen (secondary N) is 1. The Kier molecular flexibility index (Phi) is 6.66. The molecule has 1 amide bonds. The van der Waals surface area contributed by atoms with Crippen molar-refractivity contribution >= 4 is 39.1 Å². The van der Waals surface area contributed by atoms with Crippen LogP contribution in [0, 0.1) is 0 Å². The molecule has 6 heteroatoms. The third-order valence-corrected chi connectivity index (χ3v) is 6.43. The summed E-state index contributed by atoms with van der Waals surface area (Å²) in [6, 6.07) is 3.77. The number of pyridine rings is 1. The molecule has 28 heavy (non-hydrogen) atoms. The molecule has 0 atom stereocenters. The topological polar surface area (TPSA) is 51.1 Å². The molecule has 0 saturated carbocycles. The van der Waals surface area contributed by atoms with Crippen LogP contribution in [0.3, 0.4) is 0 Å². The van der Waals surface area contributed by atoms with E-state index in [9.17, 15) is 9.59 Å². The SMILES string of the molecule is CCCc1c(C(=O)Nc2c(CC)cc(Cl)cc2CC)c(=O)c(Br)c2n1CCC2. The summed E-state index contributed by atoms with van der Waals surface area (Å²) in [7, 11) is 0. The number of rotatable bonds is 6. The lowest BCUT2D eigenvalue weighted by atomic mass is 10.0. The quantitative estimate of drug-likeness (QED) is 0.609. The molecular formula is C22H26BrClN2O2. The van der Waals surface area contributed by atoms with Gasteiger partial charge in [0.15, 0.2) is 0 Å². The molecule has 1 aromatic carbocycles. The van der Waals surface area contributed by atoms with E-state index in [1.165, 1.54) is 0 Å². The van der Waals surface area contributed by atoms with Crippen LogP contribution in [0.4, 0.5) is 5.69 Å². The molecule has 0 unspecified atom stereocenters. The van der Waals surface area contributed by atoms with Crippen LogP contribution < -0.4 is 10.7 Å². The highest BCUT2D eigenvalue weighted by Crippen LogP contribution is 2.29. The Morgan fingerprint density at radius 2 is 1.86 bits per heavy atom. The van der Waals surface area contributed by atoms with Gasteiger partial charge in [-0.15, -0.1) is 0 Å². The van der Waals surface area contributed by atoms with Gasteiger partial charge >= 0.3 is 0 Å². The Morgan fingerprint density at radius 3 is 2.43 bits per heavy atom. The maximum atomic E-state index is 13.3. The van der Waals surface area contributed by atoms with Gasteiger partial charge in [-0.05, 0) is 71.3 Å². The number of benzene rings is 1. The minimum atomic E-state index is -0.330. The Hall–Kier alpha value is -1.59. The molecule has 0 saturated heterocycles. The van der Waals surface area contributed by atoms with Crippen LogP contribution in [0.15, 0.2) is 21.4 Å². The Morgan fingerprint density at radius 1 is 1.21 bits per heavy atom. The van der Waals surface area contributed by atoms with Crippen molar-refractivity contribution in [2.24, 2.45) is 0 Å². The fourth-order valence-corrected chi connectivity index (χ4v) is 4.93. The first-order valence-electron chi connectivity index (χ1n) is 9.99. The monoisotopic (exact) mass is 464 g/mol. The number of nitrogens with zero attached hydrogens (tertiary/aromatic N) is 1. The second-order valence-electron chi connectivity index (χ2n) is 7.18. The molecule has 3 rings (SSSR count). The number of hydrogen-bond acceptors (Lipinski definition) is 2. The lowest BCUT2D eigenvalue weighted by molar-refractivity contribution is 0.102. The van der Waals surface area contributed by atoms with Crippen LogP contribution in [-0.2, 0) is 32.2 Å². The summed E-state index contributed by atoms with van der Waals surface area (Å²) in [5, 5.41) is 3.72. The first-order chi connectivity index (χ1) is 13.4. The van der Waals surface area contributed by atoms with E-state index in [1.807, 2.05) is 26.0 Å². The van der Waals surface area contributed by atoms with E-state index >= 15 is 0 Å². The van der Waals surface area contributed by atoms with Crippen LogP contribution in [0.5, 0.6) is 0 Å². The number of aromatic nitrogens is 1. The maximum absolute atomic E-state index is 13.3. The number of amides is 1. The van der Waals surface area contributed by atoms with Crippen molar-refractivity contribution in [2.75, 3.05) is 5.32 Å².